The zero-order chi connectivity index (χ0) is 22.3. The molecule has 1 N–H and O–H groups in total. The van der Waals surface area contributed by atoms with Gasteiger partial charge in [-0.2, -0.15) is 10.2 Å². The molecule has 2 aliphatic heterocycles. The Hall–Kier alpha value is -3.18. The van der Waals surface area contributed by atoms with Crippen LogP contribution in [-0.4, -0.2) is 49.2 Å². The lowest BCUT2D eigenvalue weighted by molar-refractivity contribution is -0.120. The monoisotopic (exact) mass is 432 g/mol. The van der Waals surface area contributed by atoms with Crippen LogP contribution in [0, 0.1) is 17.2 Å². The van der Waals surface area contributed by atoms with Crippen LogP contribution in [0.5, 0.6) is 0 Å². The third kappa shape index (κ3) is 3.67. The van der Waals surface area contributed by atoms with Gasteiger partial charge in [-0.3, -0.25) is 4.79 Å². The highest BCUT2D eigenvalue weighted by Crippen LogP contribution is 2.40. The number of anilines is 4. The van der Waals surface area contributed by atoms with Crippen LogP contribution in [0.25, 0.3) is 0 Å². The number of carbonyl (C=O) groups excluding carboxylic acids is 1. The van der Waals surface area contributed by atoms with Crippen molar-refractivity contribution in [3.05, 3.63) is 36.0 Å². The normalized spacial score (nSPS) is 22.3. The molecular formula is C24H28N6O2. The summed E-state index contributed by atoms with van der Waals surface area (Å²) in [5.74, 6) is 1.99. The van der Waals surface area contributed by atoms with E-state index in [0.29, 0.717) is 37.9 Å². The van der Waals surface area contributed by atoms with E-state index >= 15 is 0 Å². The number of fused-ring (bicyclic) bond motifs is 1. The topological polar surface area (TPSA) is 94.4 Å². The van der Waals surface area contributed by atoms with Gasteiger partial charge in [-0.15, -0.1) is 0 Å². The second kappa shape index (κ2) is 8.06. The molecule has 1 amide bonds. The number of rotatable bonds is 5. The smallest absolute Gasteiger partial charge is 0.249 e. The van der Waals surface area contributed by atoms with Crippen LogP contribution in [0.2, 0.25) is 0 Å². The average molecular weight is 433 g/mol. The Balaban J connectivity index is 1.36. The van der Waals surface area contributed by atoms with Crippen molar-refractivity contribution in [2.24, 2.45) is 5.92 Å². The van der Waals surface area contributed by atoms with E-state index < -0.39 is 5.41 Å². The standard InChI is InChI=1S/C24H28N6O2/c1-29-19(13-16-3-4-16)22(31)30(2)20-14-26-23(28-21(20)29)27-18-7-5-17(6-8-18)24(15-25)9-11-32-12-10-24/h5-8,14,16,19H,3-4,9-13H2,1-2H3,(H,26,27,28). The lowest BCUT2D eigenvalue weighted by Gasteiger charge is -2.38. The number of amides is 1. The van der Waals surface area contributed by atoms with E-state index in [1.807, 2.05) is 36.2 Å². The second-order valence-electron chi connectivity index (χ2n) is 9.11. The van der Waals surface area contributed by atoms with Gasteiger partial charge in [0.05, 0.1) is 17.7 Å². The van der Waals surface area contributed by atoms with Crippen molar-refractivity contribution in [2.45, 2.75) is 43.6 Å². The Morgan fingerprint density at radius 1 is 1.22 bits per heavy atom. The van der Waals surface area contributed by atoms with E-state index in [0.717, 1.165) is 29.2 Å². The highest BCUT2D eigenvalue weighted by Gasteiger charge is 2.39. The van der Waals surface area contributed by atoms with Crippen molar-refractivity contribution in [1.82, 2.24) is 9.97 Å². The van der Waals surface area contributed by atoms with Gasteiger partial charge in [-0.25, -0.2) is 4.98 Å². The Labute approximate surface area is 188 Å². The van der Waals surface area contributed by atoms with E-state index in [4.69, 9.17) is 9.72 Å². The molecule has 1 saturated heterocycles. The maximum atomic E-state index is 12.8. The fourth-order valence-electron chi connectivity index (χ4n) is 4.69. The lowest BCUT2D eigenvalue weighted by atomic mass is 9.75. The summed E-state index contributed by atoms with van der Waals surface area (Å²) >= 11 is 0. The Morgan fingerprint density at radius 3 is 2.59 bits per heavy atom. The summed E-state index contributed by atoms with van der Waals surface area (Å²) in [6, 6.07) is 10.3. The van der Waals surface area contributed by atoms with Crippen LogP contribution >= 0.6 is 0 Å². The molecule has 5 rings (SSSR count). The van der Waals surface area contributed by atoms with Crippen LogP contribution < -0.4 is 15.1 Å². The highest BCUT2D eigenvalue weighted by molar-refractivity contribution is 6.04. The van der Waals surface area contributed by atoms with Gasteiger partial charge in [0.15, 0.2) is 5.82 Å². The summed E-state index contributed by atoms with van der Waals surface area (Å²) < 4.78 is 5.44. The number of likely N-dealkylation sites (N-methyl/N-ethyl adjacent to an activating group) is 2. The maximum Gasteiger partial charge on any atom is 0.249 e. The SMILES string of the molecule is CN1C(=O)C(CC2CC2)N(C)c2nc(Nc3ccc(C4(C#N)CCOCC4)cc3)ncc21. The maximum absolute atomic E-state index is 12.8. The minimum Gasteiger partial charge on any atom is -0.381 e. The van der Waals surface area contributed by atoms with E-state index in [9.17, 15) is 10.1 Å². The van der Waals surface area contributed by atoms with Crippen molar-refractivity contribution < 1.29 is 9.53 Å². The number of benzene rings is 1. The molecule has 8 heteroatoms. The molecule has 1 unspecified atom stereocenters. The number of ether oxygens (including phenoxy) is 1. The number of hydrogen-bond donors (Lipinski definition) is 1. The number of nitrogens with zero attached hydrogens (tertiary/aromatic N) is 5. The van der Waals surface area contributed by atoms with Gasteiger partial charge >= 0.3 is 0 Å². The molecular weight excluding hydrogens is 404 g/mol. The molecule has 3 heterocycles. The van der Waals surface area contributed by atoms with Crippen LogP contribution in [0.1, 0.15) is 37.7 Å². The molecule has 0 radical (unpaired) electrons. The van der Waals surface area contributed by atoms with Crippen molar-refractivity contribution >= 4 is 29.0 Å². The van der Waals surface area contributed by atoms with Gasteiger partial charge in [0, 0.05) is 33.0 Å². The number of nitrogens with one attached hydrogen (secondary N) is 1. The lowest BCUT2D eigenvalue weighted by Crippen LogP contribution is -2.51. The molecule has 0 spiro atoms. The first-order valence-electron chi connectivity index (χ1n) is 11.2. The number of hydrogen-bond acceptors (Lipinski definition) is 7. The molecule has 2 fully saturated rings. The summed E-state index contributed by atoms with van der Waals surface area (Å²) in [6.45, 7) is 1.23. The second-order valence-corrected chi connectivity index (χ2v) is 9.11. The number of aromatic nitrogens is 2. The van der Waals surface area contributed by atoms with Crippen LogP contribution in [0.4, 0.5) is 23.1 Å². The van der Waals surface area contributed by atoms with E-state index in [-0.39, 0.29) is 11.9 Å². The molecule has 3 aliphatic rings. The van der Waals surface area contributed by atoms with Crippen LogP contribution in [-0.2, 0) is 14.9 Å². The molecule has 0 bridgehead atoms. The first-order valence-corrected chi connectivity index (χ1v) is 11.2. The minimum atomic E-state index is -0.477. The molecule has 166 valence electrons. The van der Waals surface area contributed by atoms with Gasteiger partial charge in [-0.05, 0) is 42.9 Å². The van der Waals surface area contributed by atoms with Gasteiger partial charge in [0.2, 0.25) is 11.9 Å². The molecule has 1 aliphatic carbocycles. The summed E-state index contributed by atoms with van der Waals surface area (Å²) in [7, 11) is 3.74. The summed E-state index contributed by atoms with van der Waals surface area (Å²) in [5, 5.41) is 13.1. The molecule has 1 aromatic carbocycles. The quantitative estimate of drug-likeness (QED) is 0.774. The van der Waals surface area contributed by atoms with Gasteiger partial charge in [0.1, 0.15) is 11.7 Å². The van der Waals surface area contributed by atoms with Crippen molar-refractivity contribution in [1.29, 1.82) is 5.26 Å². The molecule has 8 nitrogen and oxygen atoms in total. The molecule has 32 heavy (non-hydrogen) atoms. The van der Waals surface area contributed by atoms with Crippen molar-refractivity contribution in [3.63, 3.8) is 0 Å². The Kier molecular flexibility index (Phi) is 5.22. The molecule has 1 aromatic heterocycles. The number of nitriles is 1. The fraction of sp³-hybridized carbons (Fsp3) is 0.500. The highest BCUT2D eigenvalue weighted by atomic mass is 16.5. The molecule has 1 saturated carbocycles. The first kappa shape index (κ1) is 20.7. The van der Waals surface area contributed by atoms with Crippen molar-refractivity contribution in [3.8, 4) is 6.07 Å². The van der Waals surface area contributed by atoms with Crippen molar-refractivity contribution in [2.75, 3.05) is 42.4 Å². The average Bonchev–Trinajstić information content (AvgIpc) is 3.65. The largest absolute Gasteiger partial charge is 0.381 e. The van der Waals surface area contributed by atoms with E-state index in [2.05, 4.69) is 16.4 Å². The zero-order valence-corrected chi connectivity index (χ0v) is 18.5. The summed E-state index contributed by atoms with van der Waals surface area (Å²) in [6.07, 6.45) is 6.42. The first-order chi connectivity index (χ1) is 15.5. The zero-order valence-electron chi connectivity index (χ0n) is 18.5. The fourth-order valence-corrected chi connectivity index (χ4v) is 4.69. The van der Waals surface area contributed by atoms with Gasteiger partial charge in [-0.1, -0.05) is 25.0 Å². The molecule has 1 atom stereocenters. The summed E-state index contributed by atoms with van der Waals surface area (Å²) in [5.41, 5.74) is 2.12. The third-order valence-electron chi connectivity index (χ3n) is 7.04. The minimum absolute atomic E-state index is 0.103. The van der Waals surface area contributed by atoms with E-state index in [1.165, 1.54) is 12.8 Å². The summed E-state index contributed by atoms with van der Waals surface area (Å²) in [4.78, 5) is 25.7. The van der Waals surface area contributed by atoms with Gasteiger partial charge in [0.25, 0.3) is 0 Å². The predicted octanol–water partition coefficient (Wildman–Crippen LogP) is 3.37. The third-order valence-corrected chi connectivity index (χ3v) is 7.04. The Bertz CT molecular complexity index is 1050. The van der Waals surface area contributed by atoms with Crippen LogP contribution in [0.15, 0.2) is 30.5 Å². The van der Waals surface area contributed by atoms with E-state index in [1.54, 1.807) is 18.1 Å². The Morgan fingerprint density at radius 2 is 1.94 bits per heavy atom. The predicted molar refractivity (Wildman–Crippen MR) is 122 cm³/mol. The van der Waals surface area contributed by atoms with Gasteiger partial charge < -0.3 is 19.9 Å². The van der Waals surface area contributed by atoms with Crippen LogP contribution in [0.3, 0.4) is 0 Å². The number of carbonyl (C=O) groups is 1. The molecule has 2 aromatic rings.